The van der Waals surface area contributed by atoms with Crippen molar-refractivity contribution < 1.29 is 9.50 Å². The number of nitrogens with zero attached hydrogens (tertiary/aromatic N) is 3. The van der Waals surface area contributed by atoms with Crippen LogP contribution in [0.3, 0.4) is 0 Å². The fourth-order valence-corrected chi connectivity index (χ4v) is 3.25. The molecular formula is C18H14ClFN4O. The van der Waals surface area contributed by atoms with E-state index in [0.717, 1.165) is 11.0 Å². The van der Waals surface area contributed by atoms with Crippen LogP contribution in [0.15, 0.2) is 48.2 Å². The van der Waals surface area contributed by atoms with Gasteiger partial charge in [-0.15, -0.1) is 0 Å². The zero-order valence-corrected chi connectivity index (χ0v) is 14.0. The second-order valence-electron chi connectivity index (χ2n) is 5.84. The van der Waals surface area contributed by atoms with E-state index in [0.29, 0.717) is 11.4 Å². The molecule has 2 N–H and O–H groups in total. The van der Waals surface area contributed by atoms with Gasteiger partial charge in [-0.2, -0.15) is 0 Å². The molecule has 1 aliphatic heterocycles. The number of fused-ring (bicyclic) bond motifs is 1. The molecule has 0 radical (unpaired) electrons. The van der Waals surface area contributed by atoms with Crippen LogP contribution < -0.4 is 4.90 Å². The summed E-state index contributed by atoms with van der Waals surface area (Å²) >= 11 is 5.79. The molecule has 0 bridgehead atoms. The Kier molecular flexibility index (Phi) is 3.51. The average molecular weight is 357 g/mol. The highest BCUT2D eigenvalue weighted by Gasteiger charge is 2.33. The number of halogens is 2. The Bertz CT molecular complexity index is 1060. The monoisotopic (exact) mass is 356 g/mol. The minimum atomic E-state index is -0.545. The summed E-state index contributed by atoms with van der Waals surface area (Å²) in [6, 6.07) is 11.8. The van der Waals surface area contributed by atoms with Gasteiger partial charge in [-0.3, -0.25) is 5.41 Å². The van der Waals surface area contributed by atoms with Crippen LogP contribution in [0.2, 0.25) is 5.02 Å². The fraction of sp³-hybridized carbons (Fsp3) is 0.111. The molecule has 126 valence electrons. The van der Waals surface area contributed by atoms with E-state index < -0.39 is 5.82 Å². The Balaban J connectivity index is 1.79. The average Bonchev–Trinajstić information content (AvgIpc) is 3.05. The van der Waals surface area contributed by atoms with E-state index in [1.54, 1.807) is 6.07 Å². The number of anilines is 1. The van der Waals surface area contributed by atoms with Crippen LogP contribution in [0.25, 0.3) is 16.6 Å². The van der Waals surface area contributed by atoms with E-state index in [2.05, 4.69) is 4.98 Å². The minimum Gasteiger partial charge on any atom is -0.509 e. The number of aliphatic hydroxyl groups is 1. The normalized spacial score (nSPS) is 14.8. The van der Waals surface area contributed by atoms with Crippen LogP contribution in [-0.2, 0) is 7.05 Å². The summed E-state index contributed by atoms with van der Waals surface area (Å²) in [4.78, 5) is 5.92. The third-order valence-corrected chi connectivity index (χ3v) is 4.55. The van der Waals surface area contributed by atoms with Gasteiger partial charge < -0.3 is 14.6 Å². The zero-order chi connectivity index (χ0) is 17.7. The molecule has 1 aliphatic rings. The molecule has 2 heterocycles. The predicted octanol–water partition coefficient (Wildman–Crippen LogP) is 4.13. The van der Waals surface area contributed by atoms with Crippen molar-refractivity contribution in [2.45, 2.75) is 0 Å². The lowest BCUT2D eigenvalue weighted by atomic mass is 10.2. The highest BCUT2D eigenvalue weighted by molar-refractivity contribution is 6.31. The van der Waals surface area contributed by atoms with Crippen molar-refractivity contribution >= 4 is 39.7 Å². The lowest BCUT2D eigenvalue weighted by Crippen LogP contribution is -2.27. The molecule has 5 nitrogen and oxygen atoms in total. The summed E-state index contributed by atoms with van der Waals surface area (Å²) in [7, 11) is 1.82. The van der Waals surface area contributed by atoms with E-state index in [1.165, 1.54) is 17.0 Å². The lowest BCUT2D eigenvalue weighted by molar-refractivity contribution is 0.411. The molecular weight excluding hydrogens is 343 g/mol. The van der Waals surface area contributed by atoms with Gasteiger partial charge in [-0.05, 0) is 30.3 Å². The summed E-state index contributed by atoms with van der Waals surface area (Å²) in [5.74, 6) is -0.0910. The zero-order valence-electron chi connectivity index (χ0n) is 13.3. The van der Waals surface area contributed by atoms with Crippen LogP contribution in [-0.4, -0.2) is 27.0 Å². The van der Waals surface area contributed by atoms with Gasteiger partial charge in [0, 0.05) is 12.1 Å². The number of imidazole rings is 1. The maximum Gasteiger partial charge on any atom is 0.148 e. The van der Waals surface area contributed by atoms with E-state index >= 15 is 0 Å². The second kappa shape index (κ2) is 5.60. The van der Waals surface area contributed by atoms with Crippen molar-refractivity contribution in [3.05, 3.63) is 64.9 Å². The van der Waals surface area contributed by atoms with E-state index in [4.69, 9.17) is 17.0 Å². The maximum absolute atomic E-state index is 14.2. The molecule has 7 heteroatoms. The quantitative estimate of drug-likeness (QED) is 0.725. The van der Waals surface area contributed by atoms with Crippen LogP contribution in [0, 0.1) is 11.2 Å². The SMILES string of the molecule is Cn1c(C2=C(O)CN(c3ccc(Cl)cc3F)C2=N)nc2ccccc21. The topological polar surface area (TPSA) is 65.1 Å². The number of nitrogens with one attached hydrogen (secondary N) is 1. The molecule has 25 heavy (non-hydrogen) atoms. The highest BCUT2D eigenvalue weighted by Crippen LogP contribution is 2.33. The number of rotatable bonds is 2. The summed E-state index contributed by atoms with van der Waals surface area (Å²) in [6.07, 6.45) is 0. The van der Waals surface area contributed by atoms with Crippen LogP contribution >= 0.6 is 11.6 Å². The van der Waals surface area contributed by atoms with E-state index in [1.807, 2.05) is 35.9 Å². The first-order valence-electron chi connectivity index (χ1n) is 7.63. The van der Waals surface area contributed by atoms with Crippen molar-refractivity contribution in [2.24, 2.45) is 7.05 Å². The number of hydrogen-bond acceptors (Lipinski definition) is 3. The fourth-order valence-electron chi connectivity index (χ4n) is 3.09. The van der Waals surface area contributed by atoms with Gasteiger partial charge in [-0.25, -0.2) is 9.37 Å². The van der Waals surface area contributed by atoms with Gasteiger partial charge in [0.2, 0.25) is 0 Å². The Hall–Kier alpha value is -2.86. The largest absolute Gasteiger partial charge is 0.509 e. The molecule has 0 fully saturated rings. The van der Waals surface area contributed by atoms with Gasteiger partial charge >= 0.3 is 0 Å². The van der Waals surface area contributed by atoms with Crippen molar-refractivity contribution in [1.29, 1.82) is 5.41 Å². The summed E-state index contributed by atoms with van der Waals surface area (Å²) in [5.41, 5.74) is 2.15. The summed E-state index contributed by atoms with van der Waals surface area (Å²) < 4.78 is 16.1. The second-order valence-corrected chi connectivity index (χ2v) is 6.27. The minimum absolute atomic E-state index is 0.00266. The molecule has 0 atom stereocenters. The number of aromatic nitrogens is 2. The maximum atomic E-state index is 14.2. The number of aliphatic hydroxyl groups excluding tert-OH is 1. The molecule has 0 aliphatic carbocycles. The number of para-hydroxylation sites is 2. The van der Waals surface area contributed by atoms with Gasteiger partial charge in [0.1, 0.15) is 23.2 Å². The van der Waals surface area contributed by atoms with Crippen molar-refractivity contribution in [3.63, 3.8) is 0 Å². The van der Waals surface area contributed by atoms with Crippen molar-refractivity contribution in [1.82, 2.24) is 9.55 Å². The first-order chi connectivity index (χ1) is 12.0. The van der Waals surface area contributed by atoms with Crippen LogP contribution in [0.1, 0.15) is 5.82 Å². The molecule has 0 spiro atoms. The van der Waals surface area contributed by atoms with Gasteiger partial charge in [0.05, 0.1) is 28.8 Å². The highest BCUT2D eigenvalue weighted by atomic mass is 35.5. The van der Waals surface area contributed by atoms with E-state index in [-0.39, 0.29) is 28.8 Å². The third kappa shape index (κ3) is 2.37. The Labute approximate surface area is 148 Å². The number of hydrogen-bond donors (Lipinski definition) is 2. The van der Waals surface area contributed by atoms with E-state index in [9.17, 15) is 9.50 Å². The summed E-state index contributed by atoms with van der Waals surface area (Å²) in [5, 5.41) is 19.2. The molecule has 1 aromatic heterocycles. The van der Waals surface area contributed by atoms with Crippen molar-refractivity contribution in [3.8, 4) is 0 Å². The molecule has 0 saturated carbocycles. The van der Waals surface area contributed by atoms with Gasteiger partial charge in [-0.1, -0.05) is 23.7 Å². The Morgan fingerprint density at radius 2 is 2.00 bits per heavy atom. The Morgan fingerprint density at radius 1 is 1.24 bits per heavy atom. The van der Waals surface area contributed by atoms with Gasteiger partial charge in [0.25, 0.3) is 0 Å². The van der Waals surface area contributed by atoms with Crippen LogP contribution in [0.5, 0.6) is 0 Å². The molecule has 0 unspecified atom stereocenters. The number of amidine groups is 1. The van der Waals surface area contributed by atoms with Gasteiger partial charge in [0.15, 0.2) is 0 Å². The molecule has 4 rings (SSSR count). The predicted molar refractivity (Wildman–Crippen MR) is 96.7 cm³/mol. The first-order valence-corrected chi connectivity index (χ1v) is 8.00. The molecule has 0 saturated heterocycles. The first kappa shape index (κ1) is 15.7. The smallest absolute Gasteiger partial charge is 0.148 e. The lowest BCUT2D eigenvalue weighted by Gasteiger charge is -2.19. The van der Waals surface area contributed by atoms with Crippen molar-refractivity contribution in [2.75, 3.05) is 11.4 Å². The number of aryl methyl sites for hydroxylation is 1. The standard InChI is InChI=1S/C18H14ClFN4O/c1-23-14-5-3-2-4-12(14)22-18(23)16-15(25)9-24(17(16)21)13-7-6-10(19)8-11(13)20/h2-8,21,25H,9H2,1H3. The Morgan fingerprint density at radius 3 is 2.72 bits per heavy atom. The molecule has 3 aromatic rings. The van der Waals surface area contributed by atoms with Crippen LogP contribution in [0.4, 0.5) is 10.1 Å². The molecule has 2 aromatic carbocycles. The third-order valence-electron chi connectivity index (χ3n) is 4.31. The molecule has 0 amide bonds. The number of benzene rings is 2. The summed E-state index contributed by atoms with van der Waals surface area (Å²) in [6.45, 7) is 0.00985.